The molecule has 3 fully saturated rings. The first-order valence-corrected chi connectivity index (χ1v) is 15.7. The van der Waals surface area contributed by atoms with Gasteiger partial charge in [0.2, 0.25) is 0 Å². The third-order valence-electron chi connectivity index (χ3n) is 11.2. The van der Waals surface area contributed by atoms with E-state index in [0.29, 0.717) is 17.3 Å². The van der Waals surface area contributed by atoms with Gasteiger partial charge in [0, 0.05) is 14.2 Å². The fourth-order valence-corrected chi connectivity index (χ4v) is 9.87. The van der Waals surface area contributed by atoms with Crippen LogP contribution in [0.25, 0.3) is 0 Å². The number of phosphoric ester groups is 1. The molecule has 4 rings (SSSR count). The van der Waals surface area contributed by atoms with Crippen molar-refractivity contribution in [1.29, 1.82) is 0 Å². The number of aliphatic hydroxyl groups is 1. The van der Waals surface area contributed by atoms with Crippen LogP contribution in [0.2, 0.25) is 0 Å². The van der Waals surface area contributed by atoms with E-state index < -0.39 is 7.82 Å². The number of aliphatic hydroxyl groups excluding tert-OH is 1. The van der Waals surface area contributed by atoms with E-state index in [1.807, 2.05) is 0 Å². The van der Waals surface area contributed by atoms with Gasteiger partial charge in [0.25, 0.3) is 0 Å². The molecule has 0 spiro atoms. The lowest BCUT2D eigenvalue weighted by Gasteiger charge is -2.58. The summed E-state index contributed by atoms with van der Waals surface area (Å²) in [6, 6.07) is 0. The van der Waals surface area contributed by atoms with Gasteiger partial charge in [0.15, 0.2) is 0 Å². The van der Waals surface area contributed by atoms with Gasteiger partial charge in [-0.2, -0.15) is 0 Å². The molecule has 3 saturated carbocycles. The SMILES string of the molecule is COP(=O)(OC)O[C@H]1CC[C@@]2(C)C(=CC[C@H]3[C@@H]4CC[C@H]([C@H](C)CC[C@H](O)C(C)C)[C@@]4(C)CC[C@@H]32)C1. The molecule has 5 nitrogen and oxygen atoms in total. The molecule has 0 saturated heterocycles. The highest BCUT2D eigenvalue weighted by Crippen LogP contribution is 2.67. The van der Waals surface area contributed by atoms with Crippen LogP contribution in [0.5, 0.6) is 0 Å². The maximum Gasteiger partial charge on any atom is 0.474 e. The molecular weight excluding hydrogens is 459 g/mol. The van der Waals surface area contributed by atoms with Crippen molar-refractivity contribution >= 4 is 7.82 Å². The summed E-state index contributed by atoms with van der Waals surface area (Å²) in [7, 11) is -0.665. The highest BCUT2D eigenvalue weighted by molar-refractivity contribution is 7.48. The van der Waals surface area contributed by atoms with Crippen LogP contribution >= 0.6 is 7.82 Å². The molecule has 0 aromatic rings. The second-order valence-corrected chi connectivity index (χ2v) is 15.0. The Morgan fingerprint density at radius 3 is 2.40 bits per heavy atom. The van der Waals surface area contributed by atoms with Crippen molar-refractivity contribution in [3.8, 4) is 0 Å². The first-order chi connectivity index (χ1) is 16.5. The Bertz CT molecular complexity index is 818. The van der Waals surface area contributed by atoms with Crippen LogP contribution in [0.1, 0.15) is 98.8 Å². The molecule has 4 aliphatic rings. The number of rotatable bonds is 9. The van der Waals surface area contributed by atoms with E-state index >= 15 is 0 Å². The smallest absolute Gasteiger partial charge is 0.393 e. The van der Waals surface area contributed by atoms with Gasteiger partial charge in [0.1, 0.15) is 0 Å². The van der Waals surface area contributed by atoms with E-state index in [1.165, 1.54) is 51.9 Å². The first kappa shape index (κ1) is 27.8. The summed E-state index contributed by atoms with van der Waals surface area (Å²) in [5, 5.41) is 10.4. The van der Waals surface area contributed by atoms with Gasteiger partial charge < -0.3 is 5.11 Å². The highest BCUT2D eigenvalue weighted by Gasteiger charge is 2.59. The molecule has 1 N–H and O–H groups in total. The Morgan fingerprint density at radius 2 is 1.74 bits per heavy atom. The highest BCUT2D eigenvalue weighted by atomic mass is 31.2. The normalized spacial score (nSPS) is 41.1. The van der Waals surface area contributed by atoms with Crippen molar-refractivity contribution < 1.29 is 23.2 Å². The number of hydrogen-bond donors (Lipinski definition) is 1. The summed E-state index contributed by atoms with van der Waals surface area (Å²) in [5.41, 5.74) is 2.19. The summed E-state index contributed by atoms with van der Waals surface area (Å²) in [6.45, 7) is 11.8. The molecule has 0 aliphatic heterocycles. The van der Waals surface area contributed by atoms with Crippen LogP contribution in [0.4, 0.5) is 0 Å². The Morgan fingerprint density at radius 1 is 1.03 bits per heavy atom. The molecule has 35 heavy (non-hydrogen) atoms. The molecule has 0 unspecified atom stereocenters. The quantitative estimate of drug-likeness (QED) is 0.253. The standard InChI is InChI=1S/C29H51O5P/c1-19(2)27(30)13-8-20(3)24-11-12-25-23-10-9-21-18-22(34-35(31,32-6)33-7)14-16-28(21,4)26(23)15-17-29(24,25)5/h9,19-20,22-27,30H,8,10-18H2,1-7H3/t20-,22+,23+,24-,25+,26+,27+,28+,29-/m1/s1. The summed E-state index contributed by atoms with van der Waals surface area (Å²) in [5.74, 6) is 4.16. The molecule has 0 aromatic carbocycles. The average Bonchev–Trinajstić information content (AvgIpc) is 3.19. The Balaban J connectivity index is 1.45. The fourth-order valence-electron chi connectivity index (χ4n) is 9.00. The lowest BCUT2D eigenvalue weighted by Crippen LogP contribution is -2.51. The van der Waals surface area contributed by atoms with E-state index in [0.717, 1.165) is 55.8 Å². The lowest BCUT2D eigenvalue weighted by molar-refractivity contribution is -0.0580. The largest absolute Gasteiger partial charge is 0.474 e. The second kappa shape index (κ2) is 10.5. The zero-order valence-electron chi connectivity index (χ0n) is 23.3. The van der Waals surface area contributed by atoms with Crippen molar-refractivity contribution in [3.05, 3.63) is 11.6 Å². The molecule has 9 atom stereocenters. The number of allylic oxidation sites excluding steroid dienone is 1. The molecular formula is C29H51O5P. The van der Waals surface area contributed by atoms with Gasteiger partial charge in [-0.1, -0.05) is 46.3 Å². The molecule has 4 aliphatic carbocycles. The Kier molecular flexibility index (Phi) is 8.37. The van der Waals surface area contributed by atoms with E-state index in [1.54, 1.807) is 0 Å². The van der Waals surface area contributed by atoms with Crippen LogP contribution in [-0.2, 0) is 18.1 Å². The molecule has 6 heteroatoms. The van der Waals surface area contributed by atoms with E-state index in [2.05, 4.69) is 40.7 Å². The minimum atomic E-state index is -3.45. The molecule has 0 amide bonds. The summed E-state index contributed by atoms with van der Waals surface area (Å²) < 4.78 is 28.5. The van der Waals surface area contributed by atoms with E-state index in [4.69, 9.17) is 13.6 Å². The Hall–Kier alpha value is -0.190. The average molecular weight is 511 g/mol. The monoisotopic (exact) mass is 510 g/mol. The van der Waals surface area contributed by atoms with Crippen LogP contribution < -0.4 is 0 Å². The second-order valence-electron chi connectivity index (χ2n) is 13.1. The summed E-state index contributed by atoms with van der Waals surface area (Å²) in [4.78, 5) is 0. The van der Waals surface area contributed by atoms with E-state index in [-0.39, 0.29) is 17.6 Å². The van der Waals surface area contributed by atoms with Crippen LogP contribution in [-0.4, -0.2) is 31.5 Å². The maximum atomic E-state index is 12.5. The zero-order valence-corrected chi connectivity index (χ0v) is 24.2. The van der Waals surface area contributed by atoms with Crippen molar-refractivity contribution in [3.63, 3.8) is 0 Å². The number of fused-ring (bicyclic) bond motifs is 5. The minimum Gasteiger partial charge on any atom is -0.393 e. The third-order valence-corrected chi connectivity index (χ3v) is 12.7. The van der Waals surface area contributed by atoms with Crippen molar-refractivity contribution in [2.75, 3.05) is 14.2 Å². The lowest BCUT2D eigenvalue weighted by atomic mass is 9.47. The van der Waals surface area contributed by atoms with Gasteiger partial charge in [-0.3, -0.25) is 13.6 Å². The van der Waals surface area contributed by atoms with Crippen molar-refractivity contribution in [2.45, 2.75) is 111 Å². The molecule has 0 radical (unpaired) electrons. The zero-order chi connectivity index (χ0) is 25.6. The van der Waals surface area contributed by atoms with Crippen LogP contribution in [0.15, 0.2) is 11.6 Å². The minimum absolute atomic E-state index is 0.0941. The van der Waals surface area contributed by atoms with Gasteiger partial charge in [-0.25, -0.2) is 4.57 Å². The third kappa shape index (κ3) is 5.11. The Labute approximate surface area is 214 Å². The van der Waals surface area contributed by atoms with Crippen LogP contribution in [0, 0.1) is 46.3 Å². The van der Waals surface area contributed by atoms with Crippen molar-refractivity contribution in [1.82, 2.24) is 0 Å². The topological polar surface area (TPSA) is 65.0 Å². The number of phosphoric acid groups is 1. The molecule has 0 heterocycles. The van der Waals surface area contributed by atoms with Crippen LogP contribution in [0.3, 0.4) is 0 Å². The molecule has 202 valence electrons. The molecule has 0 bridgehead atoms. The van der Waals surface area contributed by atoms with E-state index in [9.17, 15) is 9.67 Å². The van der Waals surface area contributed by atoms with Gasteiger partial charge in [-0.15, -0.1) is 0 Å². The predicted molar refractivity (Wildman–Crippen MR) is 141 cm³/mol. The van der Waals surface area contributed by atoms with Gasteiger partial charge >= 0.3 is 7.82 Å². The first-order valence-electron chi connectivity index (χ1n) is 14.2. The summed E-state index contributed by atoms with van der Waals surface area (Å²) >= 11 is 0. The van der Waals surface area contributed by atoms with Gasteiger partial charge in [-0.05, 0) is 111 Å². The number of hydrogen-bond acceptors (Lipinski definition) is 5. The molecule has 0 aromatic heterocycles. The predicted octanol–water partition coefficient (Wildman–Crippen LogP) is 7.78. The summed E-state index contributed by atoms with van der Waals surface area (Å²) in [6.07, 6.45) is 13.8. The van der Waals surface area contributed by atoms with Crippen molar-refractivity contribution in [2.24, 2.45) is 46.3 Å². The maximum absolute atomic E-state index is 12.5. The van der Waals surface area contributed by atoms with Gasteiger partial charge in [0.05, 0.1) is 12.2 Å². The fraction of sp³-hybridized carbons (Fsp3) is 0.931.